The molecule has 44 heavy (non-hydrogen) atoms. The molecule has 2 aromatic heterocycles. The van der Waals surface area contributed by atoms with Crippen LogP contribution in [0, 0.1) is 0 Å². The van der Waals surface area contributed by atoms with Crippen LogP contribution in [0.4, 0.5) is 32.9 Å². The third-order valence-electron chi connectivity index (χ3n) is 6.99. The number of nitrogens with one attached hydrogen (secondary N) is 2. The van der Waals surface area contributed by atoms with Crippen molar-refractivity contribution in [3.63, 3.8) is 0 Å². The van der Waals surface area contributed by atoms with Gasteiger partial charge >= 0.3 is 12.1 Å². The molecule has 0 atom stereocenters. The molecule has 2 aliphatic rings. The fourth-order valence-corrected chi connectivity index (χ4v) is 4.85. The molecule has 4 aromatic rings. The van der Waals surface area contributed by atoms with Crippen LogP contribution in [0.1, 0.15) is 0 Å². The number of anilines is 4. The Kier molecular flexibility index (Phi) is 10.6. The maximum atomic E-state index is 12.2. The Bertz CT molecular complexity index is 1370. The highest BCUT2D eigenvalue weighted by Crippen LogP contribution is 2.17. The first kappa shape index (κ1) is 30.8. The predicted octanol–water partition coefficient (Wildman–Crippen LogP) is 4.97. The Morgan fingerprint density at radius 1 is 0.523 bits per heavy atom. The maximum absolute atomic E-state index is 12.2. The average Bonchev–Trinajstić information content (AvgIpc) is 3.08. The van der Waals surface area contributed by atoms with Gasteiger partial charge in [-0.1, -0.05) is 23.2 Å². The molecular weight excluding hydrogens is 603 g/mol. The van der Waals surface area contributed by atoms with Crippen LogP contribution in [0.25, 0.3) is 0 Å². The number of benzene rings is 2. The van der Waals surface area contributed by atoms with Crippen molar-refractivity contribution in [1.82, 2.24) is 29.7 Å². The summed E-state index contributed by atoms with van der Waals surface area (Å²) < 4.78 is 0. The average molecular weight is 636 g/mol. The zero-order chi connectivity index (χ0) is 30.7. The van der Waals surface area contributed by atoms with Crippen molar-refractivity contribution in [2.24, 2.45) is 0 Å². The number of aromatic nitrogens is 4. The normalized spacial score (nSPS) is 14.8. The lowest BCUT2D eigenvalue weighted by atomic mass is 10.3. The minimum atomic E-state index is -0.101. The van der Waals surface area contributed by atoms with Crippen molar-refractivity contribution < 1.29 is 9.59 Å². The maximum Gasteiger partial charge on any atom is 0.321 e. The molecule has 0 unspecified atom stereocenters. The molecule has 2 aromatic carbocycles. The molecule has 2 fully saturated rings. The quantitative estimate of drug-likeness (QED) is 0.323. The molecule has 4 heterocycles. The Morgan fingerprint density at radius 2 is 0.841 bits per heavy atom. The summed E-state index contributed by atoms with van der Waals surface area (Å²) >= 11 is 11.7. The van der Waals surface area contributed by atoms with Crippen molar-refractivity contribution in [2.75, 3.05) is 72.8 Å². The third kappa shape index (κ3) is 8.68. The number of rotatable bonds is 4. The second-order valence-electron chi connectivity index (χ2n) is 9.92. The summed E-state index contributed by atoms with van der Waals surface area (Å²) in [4.78, 5) is 49.1. The highest BCUT2D eigenvalue weighted by Gasteiger charge is 2.23. The van der Waals surface area contributed by atoms with Crippen LogP contribution >= 0.6 is 23.2 Å². The second kappa shape index (κ2) is 15.2. The van der Waals surface area contributed by atoms with Crippen molar-refractivity contribution in [2.45, 2.75) is 0 Å². The summed E-state index contributed by atoms with van der Waals surface area (Å²) in [5, 5.41) is 7.04. The van der Waals surface area contributed by atoms with Gasteiger partial charge in [0.1, 0.15) is 0 Å². The summed E-state index contributed by atoms with van der Waals surface area (Å²) in [7, 11) is 0. The molecule has 6 rings (SSSR count). The molecule has 228 valence electrons. The molecule has 12 nitrogen and oxygen atoms in total. The van der Waals surface area contributed by atoms with E-state index < -0.39 is 0 Å². The van der Waals surface area contributed by atoms with E-state index in [-0.39, 0.29) is 12.1 Å². The van der Waals surface area contributed by atoms with Crippen LogP contribution in [0.3, 0.4) is 0 Å². The zero-order valence-corrected chi connectivity index (χ0v) is 25.4. The minimum absolute atomic E-state index is 0.101. The zero-order valence-electron chi connectivity index (χ0n) is 23.9. The van der Waals surface area contributed by atoms with Gasteiger partial charge in [0.15, 0.2) is 0 Å². The van der Waals surface area contributed by atoms with E-state index in [1.165, 1.54) is 0 Å². The monoisotopic (exact) mass is 634 g/mol. The standard InChI is InChI=1S/2C15H16ClN5O/c2*16-12-2-4-13(5-3-12)19-15(22)21-10-8-20(9-11-21)14-17-6-1-7-18-14/h2*1-7H,8-11H2,(H,19,22). The van der Waals surface area contributed by atoms with Crippen molar-refractivity contribution in [3.8, 4) is 0 Å². The van der Waals surface area contributed by atoms with E-state index in [0.29, 0.717) is 48.1 Å². The van der Waals surface area contributed by atoms with Crippen LogP contribution in [-0.4, -0.2) is 94.2 Å². The lowest BCUT2D eigenvalue weighted by Crippen LogP contribution is -2.50. The predicted molar refractivity (Wildman–Crippen MR) is 173 cm³/mol. The van der Waals surface area contributed by atoms with Gasteiger partial charge in [-0.05, 0) is 60.7 Å². The van der Waals surface area contributed by atoms with Crippen LogP contribution in [0.5, 0.6) is 0 Å². The highest BCUT2D eigenvalue weighted by atomic mass is 35.5. The number of hydrogen-bond acceptors (Lipinski definition) is 8. The fraction of sp³-hybridized carbons (Fsp3) is 0.267. The first-order valence-corrected chi connectivity index (χ1v) is 14.9. The van der Waals surface area contributed by atoms with E-state index in [2.05, 4.69) is 40.4 Å². The summed E-state index contributed by atoms with van der Waals surface area (Å²) in [6.07, 6.45) is 6.90. The van der Waals surface area contributed by atoms with E-state index in [9.17, 15) is 9.59 Å². The fourth-order valence-electron chi connectivity index (χ4n) is 4.60. The molecular formula is C30H32Cl2N10O2. The number of carbonyl (C=O) groups excluding carboxylic acids is 2. The van der Waals surface area contributed by atoms with Gasteiger partial charge in [-0.25, -0.2) is 29.5 Å². The first-order chi connectivity index (χ1) is 21.4. The molecule has 0 radical (unpaired) electrons. The summed E-state index contributed by atoms with van der Waals surface area (Å²) in [5.74, 6) is 1.42. The summed E-state index contributed by atoms with van der Waals surface area (Å²) in [6.45, 7) is 5.43. The lowest BCUT2D eigenvalue weighted by molar-refractivity contribution is 0.207. The highest BCUT2D eigenvalue weighted by molar-refractivity contribution is 6.31. The van der Waals surface area contributed by atoms with Gasteiger partial charge in [-0.15, -0.1) is 0 Å². The van der Waals surface area contributed by atoms with Crippen molar-refractivity contribution in [1.29, 1.82) is 0 Å². The molecule has 0 spiro atoms. The minimum Gasteiger partial charge on any atom is -0.337 e. The van der Waals surface area contributed by atoms with Crippen LogP contribution in [-0.2, 0) is 0 Å². The van der Waals surface area contributed by atoms with Crippen LogP contribution in [0.15, 0.2) is 85.5 Å². The number of halogens is 2. The van der Waals surface area contributed by atoms with Crippen molar-refractivity contribution in [3.05, 3.63) is 95.5 Å². The van der Waals surface area contributed by atoms with Gasteiger partial charge in [-0.3, -0.25) is 0 Å². The smallest absolute Gasteiger partial charge is 0.321 e. The molecule has 14 heteroatoms. The van der Waals surface area contributed by atoms with Crippen LogP contribution in [0.2, 0.25) is 10.0 Å². The van der Waals surface area contributed by atoms with Gasteiger partial charge in [0.25, 0.3) is 0 Å². The first-order valence-electron chi connectivity index (χ1n) is 14.1. The third-order valence-corrected chi connectivity index (χ3v) is 7.50. The number of piperazine rings is 2. The van der Waals surface area contributed by atoms with Gasteiger partial charge in [-0.2, -0.15) is 0 Å². The lowest BCUT2D eigenvalue weighted by Gasteiger charge is -2.34. The molecule has 0 bridgehead atoms. The van der Waals surface area contributed by atoms with E-state index in [0.717, 1.165) is 37.6 Å². The molecule has 2 aliphatic heterocycles. The van der Waals surface area contributed by atoms with E-state index in [1.807, 2.05) is 0 Å². The van der Waals surface area contributed by atoms with Crippen molar-refractivity contribution >= 4 is 58.5 Å². The number of hydrogen-bond donors (Lipinski definition) is 2. The van der Waals surface area contributed by atoms with Crippen LogP contribution < -0.4 is 20.4 Å². The van der Waals surface area contributed by atoms with Gasteiger partial charge < -0.3 is 30.2 Å². The van der Waals surface area contributed by atoms with E-state index in [1.54, 1.807) is 95.3 Å². The second-order valence-corrected chi connectivity index (χ2v) is 10.8. The number of carbonyl (C=O) groups is 2. The van der Waals surface area contributed by atoms with E-state index >= 15 is 0 Å². The topological polar surface area (TPSA) is 123 Å². The van der Waals surface area contributed by atoms with E-state index in [4.69, 9.17) is 23.2 Å². The Labute approximate surface area is 265 Å². The largest absolute Gasteiger partial charge is 0.337 e. The summed E-state index contributed by atoms with van der Waals surface area (Å²) in [6, 6.07) is 17.5. The van der Waals surface area contributed by atoms with Gasteiger partial charge in [0.05, 0.1) is 0 Å². The molecule has 0 saturated carbocycles. The number of urea groups is 2. The van der Waals surface area contributed by atoms with Gasteiger partial charge in [0.2, 0.25) is 11.9 Å². The number of nitrogens with zero attached hydrogens (tertiary/aromatic N) is 8. The van der Waals surface area contributed by atoms with Gasteiger partial charge in [0, 0.05) is 98.6 Å². The molecule has 2 N–H and O–H groups in total. The SMILES string of the molecule is O=C(Nc1ccc(Cl)cc1)N1CCN(c2ncccn2)CC1.O=C(Nc1ccc(Cl)cc1)N1CCN(c2ncccn2)CC1. The molecule has 2 saturated heterocycles. The molecule has 0 aliphatic carbocycles. The number of amides is 4. The summed E-state index contributed by atoms with van der Waals surface area (Å²) in [5.41, 5.74) is 1.48. The Hall–Kier alpha value is -4.68. The Balaban J connectivity index is 0.000000175. The molecule has 4 amide bonds. The Morgan fingerprint density at radius 3 is 1.16 bits per heavy atom.